The predicted molar refractivity (Wildman–Crippen MR) is 115 cm³/mol. The maximum Gasteiger partial charge on any atom is 0.293 e. The molecule has 3 atom stereocenters. The normalized spacial score (nSPS) is 38.5. The summed E-state index contributed by atoms with van der Waals surface area (Å²) in [6, 6.07) is 15.4. The van der Waals surface area contributed by atoms with Gasteiger partial charge in [0.05, 0.1) is 11.5 Å². The van der Waals surface area contributed by atoms with Crippen molar-refractivity contribution in [2.75, 3.05) is 0 Å². The molecule has 2 aromatic carbocycles. The van der Waals surface area contributed by atoms with Crippen LogP contribution >= 0.6 is 0 Å². The summed E-state index contributed by atoms with van der Waals surface area (Å²) >= 11 is 0. The third-order valence-corrected chi connectivity index (χ3v) is 8.65. The standard InChI is InChI=1S/C26H29NO3/c1-25(2)23(21-9-5-7-17-6-3-4-8-20(17)21)27(24(25)29)22-18-10-16-11-19(22)14-26(12-16,13-18)30-15-28/h3-9,15-16,18-19,22-23H,10-14H2,1-2H3. The molecule has 1 saturated heterocycles. The lowest BCUT2D eigenvalue weighted by molar-refractivity contribution is -0.214. The van der Waals surface area contributed by atoms with Gasteiger partial charge >= 0.3 is 0 Å². The number of hydrogen-bond acceptors (Lipinski definition) is 3. The highest BCUT2D eigenvalue weighted by molar-refractivity contribution is 5.94. The van der Waals surface area contributed by atoms with Crippen molar-refractivity contribution in [3.8, 4) is 0 Å². The maximum absolute atomic E-state index is 13.5. The quantitative estimate of drug-likeness (QED) is 0.540. The molecule has 4 heteroatoms. The smallest absolute Gasteiger partial charge is 0.293 e. The number of amides is 1. The van der Waals surface area contributed by atoms with Gasteiger partial charge in [-0.15, -0.1) is 0 Å². The fourth-order valence-electron chi connectivity index (χ4n) is 7.81. The number of rotatable bonds is 4. The molecule has 7 rings (SSSR count). The van der Waals surface area contributed by atoms with E-state index in [1.165, 1.54) is 16.3 Å². The minimum absolute atomic E-state index is 0.0987. The molecule has 0 aromatic heterocycles. The zero-order chi connectivity index (χ0) is 20.7. The number of hydrogen-bond donors (Lipinski definition) is 0. The molecule has 5 fully saturated rings. The van der Waals surface area contributed by atoms with E-state index < -0.39 is 5.41 Å². The van der Waals surface area contributed by atoms with Crippen LogP contribution in [0, 0.1) is 23.2 Å². The average molecular weight is 404 g/mol. The average Bonchev–Trinajstić information content (AvgIpc) is 2.71. The molecule has 2 aromatic rings. The zero-order valence-corrected chi connectivity index (χ0v) is 17.7. The predicted octanol–water partition coefficient (Wildman–Crippen LogP) is 4.87. The number of β-lactam (4-membered cyclic amide) rings is 1. The number of carbonyl (C=O) groups is 2. The van der Waals surface area contributed by atoms with Crippen LogP contribution in [0.25, 0.3) is 10.8 Å². The Morgan fingerprint density at radius 2 is 1.70 bits per heavy atom. The Kier molecular flexibility index (Phi) is 3.74. The van der Waals surface area contributed by atoms with Crippen LogP contribution in [0.5, 0.6) is 0 Å². The molecule has 0 N–H and O–H groups in total. The second-order valence-corrected chi connectivity index (χ2v) is 10.8. The number of fused-ring (bicyclic) bond motifs is 1. The molecule has 5 aliphatic rings. The molecule has 156 valence electrons. The second-order valence-electron chi connectivity index (χ2n) is 10.8. The number of nitrogens with zero attached hydrogens (tertiary/aromatic N) is 1. The fourth-order valence-corrected chi connectivity index (χ4v) is 7.81. The summed E-state index contributed by atoms with van der Waals surface area (Å²) in [5, 5.41) is 2.48. The Morgan fingerprint density at radius 3 is 2.43 bits per heavy atom. The Balaban J connectivity index is 1.41. The Morgan fingerprint density at radius 1 is 1.00 bits per heavy atom. The van der Waals surface area contributed by atoms with Gasteiger partial charge in [-0.1, -0.05) is 42.5 Å². The van der Waals surface area contributed by atoms with Crippen molar-refractivity contribution in [3.63, 3.8) is 0 Å². The third-order valence-electron chi connectivity index (χ3n) is 8.65. The molecule has 4 bridgehead atoms. The van der Waals surface area contributed by atoms with Crippen LogP contribution in [-0.2, 0) is 14.3 Å². The van der Waals surface area contributed by atoms with Crippen LogP contribution in [0.4, 0.5) is 0 Å². The van der Waals surface area contributed by atoms with Crippen LogP contribution in [0.15, 0.2) is 42.5 Å². The van der Waals surface area contributed by atoms with Gasteiger partial charge in [0.25, 0.3) is 6.47 Å². The first kappa shape index (κ1) is 18.4. The van der Waals surface area contributed by atoms with Gasteiger partial charge in [-0.3, -0.25) is 9.59 Å². The van der Waals surface area contributed by atoms with Crippen LogP contribution in [-0.4, -0.2) is 28.9 Å². The second kappa shape index (κ2) is 6.09. The van der Waals surface area contributed by atoms with Crippen LogP contribution in [0.3, 0.4) is 0 Å². The fraction of sp³-hybridized carbons (Fsp3) is 0.538. The number of likely N-dealkylation sites (tertiary alicyclic amines) is 1. The molecule has 30 heavy (non-hydrogen) atoms. The van der Waals surface area contributed by atoms with Crippen molar-refractivity contribution in [3.05, 3.63) is 48.0 Å². The molecule has 4 saturated carbocycles. The summed E-state index contributed by atoms with van der Waals surface area (Å²) in [5.41, 5.74) is 0.605. The first-order chi connectivity index (χ1) is 14.4. The summed E-state index contributed by atoms with van der Waals surface area (Å²) in [6.45, 7) is 4.86. The van der Waals surface area contributed by atoms with E-state index in [1.54, 1.807) is 0 Å². The van der Waals surface area contributed by atoms with Crippen molar-refractivity contribution in [1.29, 1.82) is 0 Å². The van der Waals surface area contributed by atoms with Crippen molar-refractivity contribution in [2.24, 2.45) is 23.2 Å². The van der Waals surface area contributed by atoms with E-state index in [1.807, 2.05) is 0 Å². The summed E-state index contributed by atoms with van der Waals surface area (Å²) in [4.78, 5) is 26.9. The van der Waals surface area contributed by atoms with Gasteiger partial charge in [-0.2, -0.15) is 0 Å². The largest absolute Gasteiger partial charge is 0.461 e. The van der Waals surface area contributed by atoms with Gasteiger partial charge in [0, 0.05) is 6.04 Å². The van der Waals surface area contributed by atoms with E-state index in [2.05, 4.69) is 61.2 Å². The van der Waals surface area contributed by atoms with E-state index in [0.29, 0.717) is 24.2 Å². The molecule has 1 amide bonds. The van der Waals surface area contributed by atoms with Gasteiger partial charge < -0.3 is 9.64 Å². The number of carbonyl (C=O) groups excluding carboxylic acids is 2. The van der Waals surface area contributed by atoms with Gasteiger partial charge in [-0.25, -0.2) is 0 Å². The highest BCUT2D eigenvalue weighted by Gasteiger charge is 2.65. The van der Waals surface area contributed by atoms with E-state index in [9.17, 15) is 9.59 Å². The summed E-state index contributed by atoms with van der Waals surface area (Å²) in [6.07, 6.45) is 5.17. The first-order valence-corrected chi connectivity index (χ1v) is 11.4. The van der Waals surface area contributed by atoms with Gasteiger partial charge in [0.2, 0.25) is 5.91 Å². The van der Waals surface area contributed by atoms with E-state index >= 15 is 0 Å². The molecular formula is C26H29NO3. The summed E-state index contributed by atoms with van der Waals surface area (Å²) < 4.78 is 5.67. The van der Waals surface area contributed by atoms with E-state index in [-0.39, 0.29) is 23.6 Å². The number of ether oxygens (including phenoxy) is 1. The van der Waals surface area contributed by atoms with Crippen LogP contribution in [0.2, 0.25) is 0 Å². The Bertz CT molecular complexity index is 1020. The lowest BCUT2D eigenvalue weighted by Crippen LogP contribution is -2.71. The molecule has 1 heterocycles. The van der Waals surface area contributed by atoms with Crippen molar-refractivity contribution >= 4 is 23.2 Å². The van der Waals surface area contributed by atoms with Gasteiger partial charge in [0.1, 0.15) is 5.60 Å². The number of benzene rings is 2. The van der Waals surface area contributed by atoms with Gasteiger partial charge in [-0.05, 0) is 80.0 Å². The van der Waals surface area contributed by atoms with Crippen molar-refractivity contribution < 1.29 is 14.3 Å². The maximum atomic E-state index is 13.5. The molecule has 4 nitrogen and oxygen atoms in total. The van der Waals surface area contributed by atoms with E-state index in [0.717, 1.165) is 32.1 Å². The van der Waals surface area contributed by atoms with Crippen LogP contribution in [0.1, 0.15) is 57.6 Å². The highest BCUT2D eigenvalue weighted by Crippen LogP contribution is 2.62. The minimum atomic E-state index is -0.393. The third kappa shape index (κ3) is 2.34. The Hall–Kier alpha value is -2.36. The molecule has 3 unspecified atom stereocenters. The van der Waals surface area contributed by atoms with Gasteiger partial charge in [0.15, 0.2) is 0 Å². The molecular weight excluding hydrogens is 374 g/mol. The van der Waals surface area contributed by atoms with E-state index in [4.69, 9.17) is 4.74 Å². The molecule has 4 aliphatic carbocycles. The Labute approximate surface area is 177 Å². The lowest BCUT2D eigenvalue weighted by Gasteiger charge is -2.66. The highest BCUT2D eigenvalue weighted by atomic mass is 16.5. The molecule has 1 aliphatic heterocycles. The van der Waals surface area contributed by atoms with Crippen molar-refractivity contribution in [2.45, 2.75) is 63.6 Å². The summed E-state index contributed by atoms with van der Waals surface area (Å²) in [7, 11) is 0. The summed E-state index contributed by atoms with van der Waals surface area (Å²) in [5.74, 6) is 1.80. The first-order valence-electron chi connectivity index (χ1n) is 11.4. The molecule has 0 spiro atoms. The zero-order valence-electron chi connectivity index (χ0n) is 17.7. The van der Waals surface area contributed by atoms with Crippen molar-refractivity contribution in [1.82, 2.24) is 4.90 Å². The monoisotopic (exact) mass is 403 g/mol. The molecule has 0 radical (unpaired) electrons. The topological polar surface area (TPSA) is 46.6 Å². The SMILES string of the molecule is CC1(C)C(=O)N(C2C3CC4CC2CC(OC=O)(C4)C3)C1c1cccc2ccccc12. The van der Waals surface area contributed by atoms with Crippen LogP contribution < -0.4 is 0 Å². The minimum Gasteiger partial charge on any atom is -0.461 e. The lowest BCUT2D eigenvalue weighted by atomic mass is 9.50.